The summed E-state index contributed by atoms with van der Waals surface area (Å²) in [5, 5.41) is 3.37. The molecule has 1 spiro atoms. The van der Waals surface area contributed by atoms with E-state index in [4.69, 9.17) is 9.47 Å². The number of aromatic nitrogens is 3. The Hall–Kier alpha value is -4.52. The number of halogens is 5. The highest BCUT2D eigenvalue weighted by molar-refractivity contribution is 5.51. The second-order valence-corrected chi connectivity index (χ2v) is 10.6. The summed E-state index contributed by atoms with van der Waals surface area (Å²) in [6.07, 6.45) is -1.54. The van der Waals surface area contributed by atoms with Crippen molar-refractivity contribution in [2.45, 2.75) is 44.3 Å². The number of alkyl halides is 3. The van der Waals surface area contributed by atoms with Gasteiger partial charge in [-0.3, -0.25) is 9.55 Å². The van der Waals surface area contributed by atoms with E-state index in [0.29, 0.717) is 31.2 Å². The molecule has 4 heterocycles. The average Bonchev–Trinajstić information content (AvgIpc) is 3.27. The molecule has 0 atom stereocenters. The topological polar surface area (TPSA) is 81.5 Å². The van der Waals surface area contributed by atoms with Crippen LogP contribution >= 0.6 is 0 Å². The molecule has 43 heavy (non-hydrogen) atoms. The van der Waals surface area contributed by atoms with Gasteiger partial charge in [-0.2, -0.15) is 18.2 Å². The molecule has 0 bridgehead atoms. The van der Waals surface area contributed by atoms with Gasteiger partial charge < -0.3 is 19.7 Å². The number of nitrogens with one attached hydrogen (secondary N) is 1. The van der Waals surface area contributed by atoms with E-state index in [1.165, 1.54) is 0 Å². The van der Waals surface area contributed by atoms with Crippen LogP contribution in [0.4, 0.5) is 27.8 Å². The van der Waals surface area contributed by atoms with Gasteiger partial charge in [-0.25, -0.2) is 13.6 Å². The Morgan fingerprint density at radius 3 is 2.37 bits per heavy atom. The minimum absolute atomic E-state index is 0.00326. The lowest BCUT2D eigenvalue weighted by atomic mass is 9.87. The van der Waals surface area contributed by atoms with Crippen LogP contribution in [0.5, 0.6) is 17.4 Å². The molecule has 0 saturated carbocycles. The number of pyridine rings is 1. The zero-order valence-corrected chi connectivity index (χ0v) is 22.7. The highest BCUT2D eigenvalue weighted by Gasteiger charge is 2.45. The number of nitrogens with zero attached hydrogens (tertiary/aromatic N) is 4. The highest BCUT2D eigenvalue weighted by Crippen LogP contribution is 2.41. The molecule has 0 amide bonds. The SMILES string of the molecule is O=c1nc(OCc2cc(F)c(Oc3cncc(C(F)(F)F)c3)c(F)c2)cc2n1CC1(CCNCC1)N2Cc1ccccc1. The first-order valence-corrected chi connectivity index (χ1v) is 13.6. The van der Waals surface area contributed by atoms with Gasteiger partial charge in [0, 0.05) is 18.8 Å². The first-order chi connectivity index (χ1) is 20.6. The fraction of sp³-hybridized carbons (Fsp3) is 0.300. The molecule has 13 heteroatoms. The quantitative estimate of drug-likeness (QED) is 0.283. The van der Waals surface area contributed by atoms with Crippen molar-refractivity contribution in [1.82, 2.24) is 19.9 Å². The van der Waals surface area contributed by atoms with Crippen molar-refractivity contribution >= 4 is 5.82 Å². The molecule has 0 aliphatic carbocycles. The minimum Gasteiger partial charge on any atom is -0.473 e. The molecule has 224 valence electrons. The van der Waals surface area contributed by atoms with Crippen LogP contribution in [0.1, 0.15) is 29.5 Å². The molecule has 0 radical (unpaired) electrons. The minimum atomic E-state index is -4.70. The number of rotatable bonds is 7. The van der Waals surface area contributed by atoms with Crippen LogP contribution in [0, 0.1) is 11.6 Å². The summed E-state index contributed by atoms with van der Waals surface area (Å²) < 4.78 is 80.9. The molecule has 1 N–H and O–H groups in total. The van der Waals surface area contributed by atoms with Crippen molar-refractivity contribution in [3.05, 3.63) is 106 Å². The molecule has 1 saturated heterocycles. The Balaban J connectivity index is 1.22. The van der Waals surface area contributed by atoms with Gasteiger partial charge in [0.15, 0.2) is 17.4 Å². The summed E-state index contributed by atoms with van der Waals surface area (Å²) >= 11 is 0. The summed E-state index contributed by atoms with van der Waals surface area (Å²) in [5.41, 5.74) is -0.749. The largest absolute Gasteiger partial charge is 0.473 e. The smallest absolute Gasteiger partial charge is 0.418 e. The third kappa shape index (κ3) is 5.89. The lowest BCUT2D eigenvalue weighted by molar-refractivity contribution is -0.137. The monoisotopic (exact) mass is 599 g/mol. The van der Waals surface area contributed by atoms with Crippen LogP contribution < -0.4 is 25.4 Å². The third-order valence-electron chi connectivity index (χ3n) is 7.69. The van der Waals surface area contributed by atoms with Crippen LogP contribution in [0.2, 0.25) is 0 Å². The van der Waals surface area contributed by atoms with Gasteiger partial charge in [-0.15, -0.1) is 0 Å². The van der Waals surface area contributed by atoms with Crippen LogP contribution in [0.3, 0.4) is 0 Å². The molecule has 8 nitrogen and oxygen atoms in total. The van der Waals surface area contributed by atoms with Crippen molar-refractivity contribution in [3.63, 3.8) is 0 Å². The Morgan fingerprint density at radius 2 is 1.67 bits per heavy atom. The molecule has 2 aliphatic heterocycles. The first kappa shape index (κ1) is 28.6. The van der Waals surface area contributed by atoms with Crippen LogP contribution in [-0.4, -0.2) is 33.2 Å². The number of hydrogen-bond acceptors (Lipinski definition) is 7. The van der Waals surface area contributed by atoms with Crippen LogP contribution in [0.25, 0.3) is 0 Å². The number of benzene rings is 2. The summed E-state index contributed by atoms with van der Waals surface area (Å²) in [6, 6.07) is 14.0. The van der Waals surface area contributed by atoms with E-state index in [1.54, 1.807) is 10.6 Å². The Kier molecular flexibility index (Phi) is 7.50. The average molecular weight is 600 g/mol. The second-order valence-electron chi connectivity index (χ2n) is 10.6. The van der Waals surface area contributed by atoms with Gasteiger partial charge in [0.25, 0.3) is 0 Å². The fourth-order valence-corrected chi connectivity index (χ4v) is 5.57. The molecular weight excluding hydrogens is 573 g/mol. The van der Waals surface area contributed by atoms with Crippen molar-refractivity contribution in [2.24, 2.45) is 0 Å². The molecule has 0 unspecified atom stereocenters. The van der Waals surface area contributed by atoms with E-state index < -0.39 is 40.6 Å². The van der Waals surface area contributed by atoms with Crippen molar-refractivity contribution in [2.75, 3.05) is 18.0 Å². The standard InChI is InChI=1S/C30H26F5N5O3/c31-23-10-20(11-24(32)27(23)43-22-12-21(14-37-15-22)30(33,34)35)17-42-25-13-26-39(28(41)38-25)18-29(6-8-36-9-7-29)40(26)16-19-4-2-1-3-5-19/h1-5,10-15,36H,6-9,16-18H2. The predicted octanol–water partition coefficient (Wildman–Crippen LogP) is 5.45. The van der Waals surface area contributed by atoms with Gasteiger partial charge in [0.2, 0.25) is 5.88 Å². The molecule has 2 aliphatic rings. The van der Waals surface area contributed by atoms with E-state index in [0.717, 1.165) is 49.8 Å². The summed E-state index contributed by atoms with van der Waals surface area (Å²) in [7, 11) is 0. The highest BCUT2D eigenvalue weighted by atomic mass is 19.4. The van der Waals surface area contributed by atoms with Crippen molar-refractivity contribution in [1.29, 1.82) is 0 Å². The summed E-state index contributed by atoms with van der Waals surface area (Å²) in [4.78, 5) is 22.8. The number of anilines is 1. The summed E-state index contributed by atoms with van der Waals surface area (Å²) in [6.45, 7) is 2.35. The van der Waals surface area contributed by atoms with E-state index in [-0.39, 0.29) is 23.6 Å². The van der Waals surface area contributed by atoms with Crippen LogP contribution in [0.15, 0.2) is 71.8 Å². The van der Waals surface area contributed by atoms with Gasteiger partial charge in [0.05, 0.1) is 23.8 Å². The molecule has 1 fully saturated rings. The van der Waals surface area contributed by atoms with Gasteiger partial charge in [0.1, 0.15) is 18.2 Å². The Labute approximate surface area is 242 Å². The van der Waals surface area contributed by atoms with Gasteiger partial charge in [-0.05, 0) is 55.3 Å². The first-order valence-electron chi connectivity index (χ1n) is 13.6. The summed E-state index contributed by atoms with van der Waals surface area (Å²) in [5.74, 6) is -3.03. The van der Waals surface area contributed by atoms with E-state index in [1.807, 2.05) is 30.3 Å². The normalized spacial score (nSPS) is 15.9. The predicted molar refractivity (Wildman–Crippen MR) is 146 cm³/mol. The molecular formula is C30H26F5N5O3. The lowest BCUT2D eigenvalue weighted by Crippen LogP contribution is -2.53. The second kappa shape index (κ2) is 11.3. The van der Waals surface area contributed by atoms with Crippen molar-refractivity contribution in [3.8, 4) is 17.4 Å². The van der Waals surface area contributed by atoms with E-state index >= 15 is 0 Å². The molecule has 4 aromatic rings. The number of ether oxygens (including phenoxy) is 2. The zero-order valence-electron chi connectivity index (χ0n) is 22.7. The maximum Gasteiger partial charge on any atom is 0.418 e. The van der Waals surface area contributed by atoms with Gasteiger partial charge >= 0.3 is 11.9 Å². The molecule has 2 aromatic heterocycles. The molecule has 6 rings (SSSR count). The Bertz CT molecular complexity index is 1670. The number of piperidine rings is 1. The van der Waals surface area contributed by atoms with Crippen LogP contribution in [-0.2, 0) is 25.9 Å². The van der Waals surface area contributed by atoms with E-state index in [2.05, 4.69) is 20.2 Å². The maximum absolute atomic E-state index is 14.8. The number of hydrogen-bond donors (Lipinski definition) is 1. The zero-order chi connectivity index (χ0) is 30.2. The van der Waals surface area contributed by atoms with Gasteiger partial charge in [-0.1, -0.05) is 30.3 Å². The lowest BCUT2D eigenvalue weighted by Gasteiger charge is -2.42. The fourth-order valence-electron chi connectivity index (χ4n) is 5.57. The van der Waals surface area contributed by atoms with Crippen molar-refractivity contribution < 1.29 is 31.4 Å². The Morgan fingerprint density at radius 1 is 0.953 bits per heavy atom. The molecule has 2 aromatic carbocycles. The maximum atomic E-state index is 14.8. The number of fused-ring (bicyclic) bond motifs is 1. The van der Waals surface area contributed by atoms with E-state index in [9.17, 15) is 26.7 Å². The third-order valence-corrected chi connectivity index (χ3v) is 7.69.